The molecule has 7 rings (SSSR count). The summed E-state index contributed by atoms with van der Waals surface area (Å²) < 4.78 is 67.7. The highest BCUT2D eigenvalue weighted by molar-refractivity contribution is 6.03. The van der Waals surface area contributed by atoms with Gasteiger partial charge in [0.15, 0.2) is 5.82 Å². The van der Waals surface area contributed by atoms with Crippen molar-refractivity contribution in [3.63, 3.8) is 0 Å². The third-order valence-electron chi connectivity index (χ3n) is 9.18. The lowest BCUT2D eigenvalue weighted by Gasteiger charge is -2.34. The van der Waals surface area contributed by atoms with Crippen LogP contribution in [0.25, 0.3) is 32.8 Å². The topological polar surface area (TPSA) is 73.8 Å². The maximum atomic E-state index is 16.7. The van der Waals surface area contributed by atoms with Crippen LogP contribution >= 0.6 is 0 Å². The van der Waals surface area contributed by atoms with Crippen molar-refractivity contribution >= 4 is 27.5 Å². The number of hydrogen-bond donors (Lipinski definition) is 2. The molecule has 3 aliphatic rings. The van der Waals surface area contributed by atoms with E-state index in [-0.39, 0.29) is 59.4 Å². The van der Waals surface area contributed by atoms with Crippen LogP contribution in [0.15, 0.2) is 30.3 Å². The van der Waals surface area contributed by atoms with Crippen LogP contribution in [0.2, 0.25) is 0 Å². The Bertz CT molecular complexity index is 1720. The lowest BCUT2D eigenvalue weighted by atomic mass is 9.91. The molecule has 0 spiro atoms. The molecule has 3 aromatic carbocycles. The number of nitrogens with zero attached hydrogens (tertiary/aromatic N) is 4. The molecular formula is C32H33F4N5O2. The maximum absolute atomic E-state index is 16.7. The zero-order valence-electron chi connectivity index (χ0n) is 24.0. The van der Waals surface area contributed by atoms with E-state index in [1.807, 2.05) is 16.8 Å². The molecule has 4 aromatic rings. The second-order valence-electron chi connectivity index (χ2n) is 12.0. The summed E-state index contributed by atoms with van der Waals surface area (Å²) in [5, 5.41) is 15.0. The third kappa shape index (κ3) is 4.92. The molecule has 11 heteroatoms. The molecule has 3 aliphatic heterocycles. The largest absolute Gasteiger partial charge is 0.508 e. The van der Waals surface area contributed by atoms with Crippen LogP contribution in [0.1, 0.15) is 31.7 Å². The molecule has 2 N–H and O–H groups in total. The van der Waals surface area contributed by atoms with E-state index in [0.717, 1.165) is 12.8 Å². The first-order chi connectivity index (χ1) is 20.7. The average Bonchev–Trinajstić information content (AvgIpc) is 3.49. The minimum atomic E-state index is -0.957. The summed E-state index contributed by atoms with van der Waals surface area (Å²) in [6.07, 6.45) is 1.63. The van der Waals surface area contributed by atoms with E-state index in [0.29, 0.717) is 48.2 Å². The molecule has 43 heavy (non-hydrogen) atoms. The van der Waals surface area contributed by atoms with Gasteiger partial charge in [-0.15, -0.1) is 0 Å². The SMILES string of the molecule is CCc1c(F)ccc2cc(O)cc(-c3c(F)cc4c(N5CC6CCC(C5)N6)nc(OC[C@@H]5C[C@@H](F)CN5C)nc4c3F)c12. The molecule has 2 unspecified atom stereocenters. The highest BCUT2D eigenvalue weighted by Crippen LogP contribution is 2.42. The van der Waals surface area contributed by atoms with Crippen molar-refractivity contribution in [3.05, 3.63) is 53.3 Å². The fraction of sp³-hybridized carbons (Fsp3) is 0.438. The van der Waals surface area contributed by atoms with Gasteiger partial charge in [0, 0.05) is 43.1 Å². The first-order valence-electron chi connectivity index (χ1n) is 14.8. The summed E-state index contributed by atoms with van der Waals surface area (Å²) in [5.74, 6) is -2.16. The number of aromatic nitrogens is 2. The standard InChI is InChI=1S/C32H33F4N5O2/c1-3-22-25(34)7-4-16-8-21(42)10-23(27(16)22)28-26(35)11-24-30(29(28)36)38-32(43-15-20-9-17(33)12-40(20)2)39-31(24)41-13-18-5-6-19(14-41)37-18/h4,7-8,10-11,17-20,37,42H,3,5-6,9,12-15H2,1-2H3/t17-,18?,19?,20+/m1/s1. The number of halogens is 4. The van der Waals surface area contributed by atoms with Crippen molar-refractivity contribution in [2.75, 3.05) is 38.2 Å². The van der Waals surface area contributed by atoms with E-state index in [9.17, 15) is 13.9 Å². The lowest BCUT2D eigenvalue weighted by molar-refractivity contribution is 0.188. The molecule has 2 bridgehead atoms. The van der Waals surface area contributed by atoms with Gasteiger partial charge in [-0.25, -0.2) is 17.6 Å². The number of phenols is 1. The number of likely N-dealkylation sites (tertiary alicyclic amines) is 1. The highest BCUT2D eigenvalue weighted by atomic mass is 19.1. The number of anilines is 1. The van der Waals surface area contributed by atoms with E-state index in [4.69, 9.17) is 4.74 Å². The molecule has 3 fully saturated rings. The Balaban J connectivity index is 1.41. The second-order valence-corrected chi connectivity index (χ2v) is 12.0. The van der Waals surface area contributed by atoms with Crippen molar-refractivity contribution in [2.45, 2.75) is 56.9 Å². The zero-order valence-corrected chi connectivity index (χ0v) is 24.0. The predicted octanol–water partition coefficient (Wildman–Crippen LogP) is 5.50. The number of benzene rings is 3. The molecule has 0 amide bonds. The Morgan fingerprint density at radius 3 is 2.49 bits per heavy atom. The number of nitrogens with one attached hydrogen (secondary N) is 1. The summed E-state index contributed by atoms with van der Waals surface area (Å²) in [6.45, 7) is 3.40. The smallest absolute Gasteiger partial charge is 0.319 e. The monoisotopic (exact) mass is 595 g/mol. The molecule has 0 saturated carbocycles. The molecule has 4 heterocycles. The van der Waals surface area contributed by atoms with Crippen molar-refractivity contribution in [1.29, 1.82) is 0 Å². The van der Waals surface area contributed by atoms with Gasteiger partial charge in [-0.3, -0.25) is 4.90 Å². The number of phenolic OH excluding ortho intramolecular Hbond substituents is 1. The van der Waals surface area contributed by atoms with Gasteiger partial charge in [-0.05, 0) is 78.9 Å². The van der Waals surface area contributed by atoms with Crippen molar-refractivity contribution < 1.29 is 27.4 Å². The average molecular weight is 596 g/mol. The summed E-state index contributed by atoms with van der Waals surface area (Å²) in [4.78, 5) is 12.9. The van der Waals surface area contributed by atoms with Crippen molar-refractivity contribution in [3.8, 4) is 22.9 Å². The van der Waals surface area contributed by atoms with Gasteiger partial charge in [0.25, 0.3) is 0 Å². The highest BCUT2D eigenvalue weighted by Gasteiger charge is 2.35. The Labute approximate surface area is 246 Å². The normalized spacial score (nSPS) is 24.0. The van der Waals surface area contributed by atoms with E-state index in [2.05, 4.69) is 15.3 Å². The quantitative estimate of drug-likeness (QED) is 0.286. The molecule has 0 aliphatic carbocycles. The number of hydrogen-bond acceptors (Lipinski definition) is 7. The second kappa shape index (κ2) is 10.8. The van der Waals surface area contributed by atoms with Gasteiger partial charge in [0.05, 0.1) is 5.56 Å². The summed E-state index contributed by atoms with van der Waals surface area (Å²) in [7, 11) is 1.82. The van der Waals surface area contributed by atoms with E-state index < -0.39 is 29.2 Å². The molecule has 7 nitrogen and oxygen atoms in total. The van der Waals surface area contributed by atoms with Crippen LogP contribution in [-0.4, -0.2) is 77.6 Å². The number of alkyl halides is 1. The van der Waals surface area contributed by atoms with Crippen molar-refractivity contribution in [1.82, 2.24) is 20.2 Å². The van der Waals surface area contributed by atoms with E-state index in [1.165, 1.54) is 30.3 Å². The van der Waals surface area contributed by atoms with Gasteiger partial charge in [0.1, 0.15) is 41.5 Å². The predicted molar refractivity (Wildman–Crippen MR) is 157 cm³/mol. The van der Waals surface area contributed by atoms with Crippen LogP contribution in [0.4, 0.5) is 23.4 Å². The van der Waals surface area contributed by atoms with E-state index in [1.54, 1.807) is 6.92 Å². The lowest BCUT2D eigenvalue weighted by Crippen LogP contribution is -2.51. The fourth-order valence-electron chi connectivity index (χ4n) is 7.10. The van der Waals surface area contributed by atoms with Gasteiger partial charge >= 0.3 is 6.01 Å². The summed E-state index contributed by atoms with van der Waals surface area (Å²) in [5.41, 5.74) is -0.230. The van der Waals surface area contributed by atoms with Gasteiger partial charge in [-0.1, -0.05) is 13.0 Å². The molecule has 3 saturated heterocycles. The van der Waals surface area contributed by atoms with Gasteiger partial charge in [-0.2, -0.15) is 9.97 Å². The number of piperazine rings is 1. The Kier molecular flexibility index (Phi) is 7.04. The number of aryl methyl sites for hydroxylation is 1. The minimum absolute atomic E-state index is 0.0349. The van der Waals surface area contributed by atoms with Gasteiger partial charge < -0.3 is 20.1 Å². The molecule has 1 aromatic heterocycles. The molecule has 4 atom stereocenters. The first kappa shape index (κ1) is 28.1. The first-order valence-corrected chi connectivity index (χ1v) is 14.8. The Hall–Kier alpha value is -3.70. The third-order valence-corrected chi connectivity index (χ3v) is 9.18. The molecular weight excluding hydrogens is 562 g/mol. The minimum Gasteiger partial charge on any atom is -0.508 e. The van der Waals surface area contributed by atoms with Crippen LogP contribution in [-0.2, 0) is 6.42 Å². The van der Waals surface area contributed by atoms with E-state index >= 15 is 8.78 Å². The zero-order chi connectivity index (χ0) is 30.0. The number of likely N-dealkylation sites (N-methyl/N-ethyl adjacent to an activating group) is 1. The Morgan fingerprint density at radius 2 is 1.79 bits per heavy atom. The number of rotatable bonds is 6. The van der Waals surface area contributed by atoms with Crippen LogP contribution in [0.5, 0.6) is 11.8 Å². The summed E-state index contributed by atoms with van der Waals surface area (Å²) in [6, 6.07) is 6.88. The van der Waals surface area contributed by atoms with Crippen LogP contribution in [0.3, 0.4) is 0 Å². The maximum Gasteiger partial charge on any atom is 0.319 e. The van der Waals surface area contributed by atoms with Crippen molar-refractivity contribution in [2.24, 2.45) is 0 Å². The molecule has 226 valence electrons. The van der Waals surface area contributed by atoms with Crippen LogP contribution < -0.4 is 15.0 Å². The Morgan fingerprint density at radius 1 is 1.02 bits per heavy atom. The van der Waals surface area contributed by atoms with Crippen LogP contribution in [0, 0.1) is 17.5 Å². The van der Waals surface area contributed by atoms with Gasteiger partial charge in [0.2, 0.25) is 0 Å². The number of aromatic hydroxyl groups is 1. The molecule has 0 radical (unpaired) electrons. The summed E-state index contributed by atoms with van der Waals surface area (Å²) >= 11 is 0. The number of ether oxygens (including phenoxy) is 1. The number of fused-ring (bicyclic) bond motifs is 4. The fourth-order valence-corrected chi connectivity index (χ4v) is 7.10.